The van der Waals surface area contributed by atoms with Crippen LogP contribution in [0.5, 0.6) is 0 Å². The number of hydrogen-bond acceptors (Lipinski definition) is 3. The van der Waals surface area contributed by atoms with E-state index in [1.54, 1.807) is 0 Å². The van der Waals surface area contributed by atoms with E-state index in [9.17, 15) is 8.42 Å². The summed E-state index contributed by atoms with van der Waals surface area (Å²) in [5, 5.41) is 0. The van der Waals surface area contributed by atoms with Crippen molar-refractivity contribution in [3.05, 3.63) is 0 Å². The van der Waals surface area contributed by atoms with Crippen molar-refractivity contribution < 1.29 is 8.42 Å². The van der Waals surface area contributed by atoms with Crippen LogP contribution in [0.1, 0.15) is 40.5 Å². The summed E-state index contributed by atoms with van der Waals surface area (Å²) in [6, 6.07) is 0. The van der Waals surface area contributed by atoms with Gasteiger partial charge >= 0.3 is 0 Å². The van der Waals surface area contributed by atoms with E-state index in [4.69, 9.17) is 5.73 Å². The Morgan fingerprint density at radius 2 is 1.93 bits per heavy atom. The molecular weight excluding hydrogens is 212 g/mol. The molecular formula is C10H24N2O2S. The van der Waals surface area contributed by atoms with Crippen LogP contribution in [0.2, 0.25) is 0 Å². The van der Waals surface area contributed by atoms with Crippen molar-refractivity contribution in [2.75, 3.05) is 12.3 Å². The molecule has 0 aromatic heterocycles. The first kappa shape index (κ1) is 14.9. The smallest absolute Gasteiger partial charge is 0.212 e. The van der Waals surface area contributed by atoms with E-state index in [0.29, 0.717) is 13.0 Å². The van der Waals surface area contributed by atoms with Crippen LogP contribution in [-0.2, 0) is 10.0 Å². The lowest BCUT2D eigenvalue weighted by Gasteiger charge is -2.29. The summed E-state index contributed by atoms with van der Waals surface area (Å²) in [7, 11) is -3.18. The van der Waals surface area contributed by atoms with Gasteiger partial charge in [-0.05, 0) is 32.2 Å². The van der Waals surface area contributed by atoms with Crippen molar-refractivity contribution in [2.45, 2.75) is 46.1 Å². The van der Waals surface area contributed by atoms with Crippen LogP contribution < -0.4 is 10.5 Å². The summed E-state index contributed by atoms with van der Waals surface area (Å²) in [4.78, 5) is 0. The van der Waals surface area contributed by atoms with Crippen LogP contribution in [0.4, 0.5) is 0 Å². The summed E-state index contributed by atoms with van der Waals surface area (Å²) in [5.41, 5.74) is 5.08. The van der Waals surface area contributed by atoms with Gasteiger partial charge in [-0.15, -0.1) is 0 Å². The minimum Gasteiger partial charge on any atom is -0.330 e. The number of nitrogens with two attached hydrogens (primary N) is 1. The van der Waals surface area contributed by atoms with Crippen molar-refractivity contribution in [3.8, 4) is 0 Å². The van der Waals surface area contributed by atoms with Crippen LogP contribution in [0.3, 0.4) is 0 Å². The molecule has 1 unspecified atom stereocenters. The van der Waals surface area contributed by atoms with Crippen molar-refractivity contribution >= 4 is 10.0 Å². The zero-order chi connectivity index (χ0) is 12.1. The van der Waals surface area contributed by atoms with Crippen LogP contribution in [0.25, 0.3) is 0 Å². The molecule has 0 saturated carbocycles. The maximum Gasteiger partial charge on any atom is 0.212 e. The summed E-state index contributed by atoms with van der Waals surface area (Å²) in [6.45, 7) is 8.15. The van der Waals surface area contributed by atoms with Gasteiger partial charge in [0.2, 0.25) is 10.0 Å². The molecule has 0 radical (unpaired) electrons. The fourth-order valence-electron chi connectivity index (χ4n) is 1.47. The van der Waals surface area contributed by atoms with Gasteiger partial charge in [-0.1, -0.05) is 20.8 Å². The van der Waals surface area contributed by atoms with Crippen molar-refractivity contribution in [1.82, 2.24) is 4.72 Å². The Kier molecular flexibility index (Phi) is 5.77. The highest BCUT2D eigenvalue weighted by Gasteiger charge is 2.27. The molecule has 0 bridgehead atoms. The molecule has 0 aliphatic rings. The molecule has 3 N–H and O–H groups in total. The lowest BCUT2D eigenvalue weighted by atomic mass is 9.96. The number of sulfonamides is 1. The molecule has 0 aliphatic heterocycles. The summed E-state index contributed by atoms with van der Waals surface area (Å²) in [6.07, 6.45) is 1.42. The number of nitrogens with one attached hydrogen (secondary N) is 1. The molecule has 4 nitrogen and oxygen atoms in total. The van der Waals surface area contributed by atoms with Crippen LogP contribution in [-0.4, -0.2) is 26.3 Å². The molecule has 0 fully saturated rings. The molecule has 15 heavy (non-hydrogen) atoms. The predicted octanol–water partition coefficient (Wildman–Crippen LogP) is 1.08. The quantitative estimate of drug-likeness (QED) is 0.695. The van der Waals surface area contributed by atoms with E-state index < -0.39 is 15.6 Å². The predicted molar refractivity (Wildman–Crippen MR) is 64.1 cm³/mol. The third-order valence-electron chi connectivity index (χ3n) is 2.43. The fraction of sp³-hybridized carbons (Fsp3) is 1.00. The Labute approximate surface area is 93.7 Å². The first-order chi connectivity index (χ1) is 6.74. The minimum atomic E-state index is -3.18. The topological polar surface area (TPSA) is 72.2 Å². The summed E-state index contributed by atoms with van der Waals surface area (Å²) >= 11 is 0. The Hall–Kier alpha value is -0.130. The number of rotatable bonds is 7. The van der Waals surface area contributed by atoms with Crippen molar-refractivity contribution in [3.63, 3.8) is 0 Å². The standard InChI is InChI=1S/C10H24N2O2S/c1-5-10(4,6-7-11)12-15(13,14)8-9(2)3/h9,12H,5-8,11H2,1-4H3. The second-order valence-electron chi connectivity index (χ2n) is 4.73. The first-order valence-electron chi connectivity index (χ1n) is 5.46. The largest absolute Gasteiger partial charge is 0.330 e. The molecule has 92 valence electrons. The molecule has 0 aliphatic carbocycles. The van der Waals surface area contributed by atoms with Gasteiger partial charge < -0.3 is 5.73 Å². The van der Waals surface area contributed by atoms with Gasteiger partial charge in [-0.25, -0.2) is 13.1 Å². The van der Waals surface area contributed by atoms with Gasteiger partial charge in [-0.2, -0.15) is 0 Å². The Morgan fingerprint density at radius 1 is 1.40 bits per heavy atom. The molecule has 0 spiro atoms. The SMILES string of the molecule is CCC(C)(CCN)NS(=O)(=O)CC(C)C. The Balaban J connectivity index is 4.53. The molecule has 0 rings (SSSR count). The van der Waals surface area contributed by atoms with Gasteiger partial charge in [0.1, 0.15) is 0 Å². The van der Waals surface area contributed by atoms with E-state index in [-0.39, 0.29) is 11.7 Å². The van der Waals surface area contributed by atoms with E-state index in [1.807, 2.05) is 27.7 Å². The third-order valence-corrected chi connectivity index (χ3v) is 4.34. The number of hydrogen-bond donors (Lipinski definition) is 2. The highest BCUT2D eigenvalue weighted by atomic mass is 32.2. The van der Waals surface area contributed by atoms with Crippen LogP contribution in [0, 0.1) is 5.92 Å². The van der Waals surface area contributed by atoms with Crippen LogP contribution in [0.15, 0.2) is 0 Å². The normalized spacial score (nSPS) is 16.7. The second-order valence-corrected chi connectivity index (χ2v) is 6.50. The molecule has 1 atom stereocenters. The lowest BCUT2D eigenvalue weighted by Crippen LogP contribution is -2.48. The average Bonchev–Trinajstić information content (AvgIpc) is 2.00. The second kappa shape index (κ2) is 5.82. The Morgan fingerprint density at radius 3 is 2.27 bits per heavy atom. The first-order valence-corrected chi connectivity index (χ1v) is 7.11. The van der Waals surface area contributed by atoms with Gasteiger partial charge in [-0.3, -0.25) is 0 Å². The zero-order valence-electron chi connectivity index (χ0n) is 10.2. The fourth-order valence-corrected chi connectivity index (χ4v) is 3.43. The monoisotopic (exact) mass is 236 g/mol. The van der Waals surface area contributed by atoms with Crippen LogP contribution >= 0.6 is 0 Å². The average molecular weight is 236 g/mol. The van der Waals surface area contributed by atoms with E-state index in [0.717, 1.165) is 6.42 Å². The van der Waals surface area contributed by atoms with E-state index >= 15 is 0 Å². The van der Waals surface area contributed by atoms with E-state index in [1.165, 1.54) is 0 Å². The lowest BCUT2D eigenvalue weighted by molar-refractivity contribution is 0.378. The molecule has 0 amide bonds. The summed E-state index contributed by atoms with van der Waals surface area (Å²) < 4.78 is 26.2. The zero-order valence-corrected chi connectivity index (χ0v) is 11.0. The molecule has 0 saturated heterocycles. The molecule has 5 heteroatoms. The summed E-state index contributed by atoms with van der Waals surface area (Å²) in [5.74, 6) is 0.314. The highest BCUT2D eigenvalue weighted by Crippen LogP contribution is 2.15. The maximum atomic E-state index is 11.7. The van der Waals surface area contributed by atoms with Gasteiger partial charge in [0.25, 0.3) is 0 Å². The highest BCUT2D eigenvalue weighted by molar-refractivity contribution is 7.89. The van der Waals surface area contributed by atoms with Crippen molar-refractivity contribution in [2.24, 2.45) is 11.7 Å². The molecule has 0 heterocycles. The molecule has 0 aromatic rings. The van der Waals surface area contributed by atoms with Gasteiger partial charge in [0.05, 0.1) is 5.75 Å². The van der Waals surface area contributed by atoms with Gasteiger partial charge in [0, 0.05) is 5.54 Å². The van der Waals surface area contributed by atoms with E-state index in [2.05, 4.69) is 4.72 Å². The molecule has 0 aromatic carbocycles. The third kappa shape index (κ3) is 6.12. The minimum absolute atomic E-state index is 0.140. The maximum absolute atomic E-state index is 11.7. The van der Waals surface area contributed by atoms with Gasteiger partial charge in [0.15, 0.2) is 0 Å². The Bertz CT molecular complexity index is 275. The van der Waals surface area contributed by atoms with Crippen molar-refractivity contribution in [1.29, 1.82) is 0 Å².